The van der Waals surface area contributed by atoms with Gasteiger partial charge < -0.3 is 0 Å². The van der Waals surface area contributed by atoms with Crippen LogP contribution in [-0.2, 0) is 0 Å². The molecule has 0 aliphatic rings. The molecule has 0 fully saturated rings. The number of rotatable bonds is 4. The molecule has 8 heavy (non-hydrogen) atoms. The number of hydrogen-bond donors (Lipinski definition) is 4. The highest BCUT2D eigenvalue weighted by molar-refractivity contribution is 4.68. The van der Waals surface area contributed by atoms with Crippen LogP contribution in [-0.4, -0.2) is 6.54 Å². The first-order valence-corrected chi connectivity index (χ1v) is 2.22. The van der Waals surface area contributed by atoms with Crippen molar-refractivity contribution < 1.29 is 0 Å². The molecular weight excluding hydrogens is 106 g/mol. The number of nitrogens with two attached hydrogens (primary N) is 1. The fourth-order valence-electron chi connectivity index (χ4n) is 0.232. The third-order valence-electron chi connectivity index (χ3n) is 0.522. The van der Waals surface area contributed by atoms with E-state index in [-0.39, 0.29) is 0 Å². The van der Waals surface area contributed by atoms with Gasteiger partial charge in [-0.15, -0.1) is 0 Å². The highest BCUT2D eigenvalue weighted by atomic mass is 15.7. The summed E-state index contributed by atoms with van der Waals surface area (Å²) < 4.78 is 0. The number of hydrogen-bond acceptors (Lipinski definition) is 5. The Bertz CT molecular complexity index is 74.2. The van der Waals surface area contributed by atoms with Gasteiger partial charge in [-0.25, -0.2) is 5.43 Å². The zero-order chi connectivity index (χ0) is 6.24. The van der Waals surface area contributed by atoms with Gasteiger partial charge in [0.25, 0.3) is 0 Å². The first-order valence-electron chi connectivity index (χ1n) is 2.22. The van der Waals surface area contributed by atoms with E-state index in [1.807, 2.05) is 6.07 Å². The lowest BCUT2D eigenvalue weighted by Gasteiger charge is -1.99. The second kappa shape index (κ2) is 6.33. The molecule has 46 valence electrons. The molecule has 0 rings (SSSR count). The third-order valence-corrected chi connectivity index (χ3v) is 0.522. The van der Waals surface area contributed by atoms with E-state index in [0.717, 1.165) is 0 Å². The smallest absolute Gasteiger partial charge is 0.0635 e. The summed E-state index contributed by atoms with van der Waals surface area (Å²) in [7, 11) is 0. The molecule has 0 atom stereocenters. The maximum Gasteiger partial charge on any atom is 0.0635 e. The van der Waals surface area contributed by atoms with Crippen LogP contribution in [0.15, 0.2) is 0 Å². The number of nitriles is 1. The molecule has 0 amide bonds. The molecule has 5 N–H and O–H groups in total. The summed E-state index contributed by atoms with van der Waals surface area (Å²) >= 11 is 0. The first-order chi connectivity index (χ1) is 3.91. The van der Waals surface area contributed by atoms with Crippen molar-refractivity contribution in [2.24, 2.45) is 5.84 Å². The summed E-state index contributed by atoms with van der Waals surface area (Å²) in [5.41, 5.74) is 7.19. The van der Waals surface area contributed by atoms with Gasteiger partial charge in [-0.05, 0) is 0 Å². The Balaban J connectivity index is 2.65. The summed E-state index contributed by atoms with van der Waals surface area (Å²) in [6.07, 6.45) is 0.467. The zero-order valence-electron chi connectivity index (χ0n) is 4.44. The second-order valence-corrected chi connectivity index (χ2v) is 1.10. The van der Waals surface area contributed by atoms with Crippen LogP contribution >= 0.6 is 0 Å². The predicted octanol–water partition coefficient (Wildman–Crippen LogP) is -1.63. The molecule has 0 aliphatic heterocycles. The summed E-state index contributed by atoms with van der Waals surface area (Å²) in [5, 5.41) is 8.00. The van der Waals surface area contributed by atoms with Crippen molar-refractivity contribution in [3.63, 3.8) is 0 Å². The minimum Gasteiger partial charge on any atom is -0.257 e. The van der Waals surface area contributed by atoms with E-state index in [9.17, 15) is 0 Å². The summed E-state index contributed by atoms with van der Waals surface area (Å²) in [6.45, 7) is 0.584. The van der Waals surface area contributed by atoms with Crippen LogP contribution in [0, 0.1) is 11.3 Å². The zero-order valence-corrected chi connectivity index (χ0v) is 4.44. The summed E-state index contributed by atoms with van der Waals surface area (Å²) in [4.78, 5) is 0. The van der Waals surface area contributed by atoms with E-state index in [4.69, 9.17) is 11.1 Å². The fraction of sp³-hybridized carbons (Fsp3) is 0.667. The monoisotopic (exact) mass is 115 g/mol. The number of nitrogens with zero attached hydrogens (tertiary/aromatic N) is 1. The van der Waals surface area contributed by atoms with Crippen LogP contribution in [0.4, 0.5) is 0 Å². The molecular formula is C3H9N5. The summed E-state index contributed by atoms with van der Waals surface area (Å²) in [6, 6.07) is 1.96. The molecule has 0 bridgehead atoms. The molecule has 0 aromatic carbocycles. The maximum atomic E-state index is 8.00. The predicted molar refractivity (Wildman–Crippen MR) is 28.7 cm³/mol. The van der Waals surface area contributed by atoms with E-state index in [0.29, 0.717) is 13.0 Å². The molecule has 5 nitrogen and oxygen atoms in total. The Morgan fingerprint density at radius 1 is 1.62 bits per heavy atom. The van der Waals surface area contributed by atoms with Crippen LogP contribution in [0.1, 0.15) is 6.42 Å². The summed E-state index contributed by atoms with van der Waals surface area (Å²) in [5.74, 6) is 4.80. The lowest BCUT2D eigenvalue weighted by atomic mass is 10.5. The lowest BCUT2D eigenvalue weighted by molar-refractivity contribution is 0.449. The topological polar surface area (TPSA) is 85.9 Å². The van der Waals surface area contributed by atoms with Crippen molar-refractivity contribution in [1.82, 2.24) is 16.5 Å². The van der Waals surface area contributed by atoms with Crippen molar-refractivity contribution >= 4 is 0 Å². The molecule has 0 aliphatic carbocycles. The molecule has 0 unspecified atom stereocenters. The van der Waals surface area contributed by atoms with E-state index < -0.39 is 0 Å². The average molecular weight is 115 g/mol. The Morgan fingerprint density at radius 3 is 2.88 bits per heavy atom. The van der Waals surface area contributed by atoms with Crippen LogP contribution in [0.3, 0.4) is 0 Å². The van der Waals surface area contributed by atoms with Crippen molar-refractivity contribution in [2.75, 3.05) is 6.54 Å². The molecule has 0 spiro atoms. The van der Waals surface area contributed by atoms with Crippen LogP contribution in [0.5, 0.6) is 0 Å². The van der Waals surface area contributed by atoms with Crippen molar-refractivity contribution in [3.05, 3.63) is 0 Å². The number of hydrazine groups is 3. The normalized spacial score (nSPS) is 8.50. The highest BCUT2D eigenvalue weighted by Gasteiger charge is 1.78. The minimum atomic E-state index is 0.467. The maximum absolute atomic E-state index is 8.00. The molecule has 0 aromatic heterocycles. The fourth-order valence-corrected chi connectivity index (χ4v) is 0.232. The molecule has 5 heteroatoms. The largest absolute Gasteiger partial charge is 0.257 e. The van der Waals surface area contributed by atoms with E-state index >= 15 is 0 Å². The van der Waals surface area contributed by atoms with Gasteiger partial charge in [0.2, 0.25) is 0 Å². The first kappa shape index (κ1) is 7.33. The Labute approximate surface area is 47.8 Å². The molecule has 0 heterocycles. The van der Waals surface area contributed by atoms with Gasteiger partial charge in [-0.2, -0.15) is 16.3 Å². The number of nitrogens with one attached hydrogen (secondary N) is 3. The van der Waals surface area contributed by atoms with Gasteiger partial charge in [0, 0.05) is 13.0 Å². The molecule has 0 saturated carbocycles. The highest BCUT2D eigenvalue weighted by Crippen LogP contribution is 1.63. The Kier molecular flexibility index (Phi) is 5.80. The van der Waals surface area contributed by atoms with Crippen molar-refractivity contribution in [1.29, 1.82) is 5.26 Å². The van der Waals surface area contributed by atoms with E-state index in [2.05, 4.69) is 16.5 Å². The van der Waals surface area contributed by atoms with Gasteiger partial charge in [0.05, 0.1) is 6.07 Å². The molecule has 0 radical (unpaired) electrons. The van der Waals surface area contributed by atoms with E-state index in [1.165, 1.54) is 0 Å². The quantitative estimate of drug-likeness (QED) is 0.201. The second-order valence-electron chi connectivity index (χ2n) is 1.10. The van der Waals surface area contributed by atoms with Crippen molar-refractivity contribution in [2.45, 2.75) is 6.42 Å². The third kappa shape index (κ3) is 5.33. The van der Waals surface area contributed by atoms with Gasteiger partial charge in [-0.1, -0.05) is 0 Å². The van der Waals surface area contributed by atoms with E-state index in [1.54, 1.807) is 0 Å². The average Bonchev–Trinajstić information content (AvgIpc) is 1.81. The van der Waals surface area contributed by atoms with Gasteiger partial charge in [-0.3, -0.25) is 5.84 Å². The van der Waals surface area contributed by atoms with Crippen LogP contribution in [0.2, 0.25) is 0 Å². The lowest BCUT2D eigenvalue weighted by Crippen LogP contribution is -2.47. The Morgan fingerprint density at radius 2 is 2.38 bits per heavy atom. The minimum absolute atomic E-state index is 0.467. The Hall–Kier alpha value is -0.670. The van der Waals surface area contributed by atoms with Crippen LogP contribution < -0.4 is 22.3 Å². The van der Waals surface area contributed by atoms with Gasteiger partial charge in [0.1, 0.15) is 0 Å². The molecule has 0 saturated heterocycles. The van der Waals surface area contributed by atoms with Gasteiger partial charge >= 0.3 is 0 Å². The van der Waals surface area contributed by atoms with Crippen molar-refractivity contribution in [3.8, 4) is 6.07 Å². The van der Waals surface area contributed by atoms with Gasteiger partial charge in [0.15, 0.2) is 0 Å². The SMILES string of the molecule is N#CCCNNNN. The molecule has 0 aromatic rings. The standard InChI is InChI=1S/C3H9N5/c4-2-1-3-6-8-7-5/h6-8H,1,3,5H2. The van der Waals surface area contributed by atoms with Crippen LogP contribution in [0.25, 0.3) is 0 Å².